The van der Waals surface area contributed by atoms with Gasteiger partial charge in [-0.2, -0.15) is 5.10 Å². The van der Waals surface area contributed by atoms with Crippen molar-refractivity contribution in [1.29, 1.82) is 0 Å². The number of methoxy groups -OCH3 is 2. The van der Waals surface area contributed by atoms with E-state index in [4.69, 9.17) is 14.5 Å². The van der Waals surface area contributed by atoms with Gasteiger partial charge in [-0.15, -0.1) is 0 Å². The third-order valence-electron chi connectivity index (χ3n) is 6.57. The number of hydrogen-bond acceptors (Lipinski definition) is 7. The standard InChI is InChI=1S/C29H35N5O4/c1-6-9-23-26-27(33(3)32-23)29(36)34(28(31-26)21-12-15-24(37-4)25(18-21)38-5)17-8-7-16-30-22-13-10-20(11-14-22)19(2)35/h10-15,18,30H,6-9,16-17H2,1-5H3. The van der Waals surface area contributed by atoms with Crippen molar-refractivity contribution in [2.45, 2.75) is 46.1 Å². The zero-order valence-electron chi connectivity index (χ0n) is 22.7. The van der Waals surface area contributed by atoms with Gasteiger partial charge in [0.1, 0.15) is 11.3 Å². The number of aromatic nitrogens is 4. The van der Waals surface area contributed by atoms with Gasteiger partial charge in [0.15, 0.2) is 22.8 Å². The molecule has 2 aromatic carbocycles. The Morgan fingerprint density at radius 1 is 1.03 bits per heavy atom. The van der Waals surface area contributed by atoms with Gasteiger partial charge in [-0.05, 0) is 68.7 Å². The molecule has 0 bridgehead atoms. The number of nitrogens with zero attached hydrogens (tertiary/aromatic N) is 4. The number of nitrogens with one attached hydrogen (secondary N) is 1. The van der Waals surface area contributed by atoms with Gasteiger partial charge in [-0.25, -0.2) is 4.98 Å². The summed E-state index contributed by atoms with van der Waals surface area (Å²) < 4.78 is 14.3. The van der Waals surface area contributed by atoms with E-state index in [0.29, 0.717) is 40.5 Å². The number of ether oxygens (including phenoxy) is 2. The molecule has 0 unspecified atom stereocenters. The maximum Gasteiger partial charge on any atom is 0.279 e. The van der Waals surface area contributed by atoms with E-state index >= 15 is 0 Å². The molecule has 2 heterocycles. The minimum Gasteiger partial charge on any atom is -0.493 e. The van der Waals surface area contributed by atoms with Crippen LogP contribution in [0.3, 0.4) is 0 Å². The zero-order chi connectivity index (χ0) is 27.2. The van der Waals surface area contributed by atoms with Gasteiger partial charge in [0, 0.05) is 37.0 Å². The summed E-state index contributed by atoms with van der Waals surface area (Å²) in [6, 6.07) is 13.0. The minimum absolute atomic E-state index is 0.0492. The largest absolute Gasteiger partial charge is 0.493 e. The van der Waals surface area contributed by atoms with E-state index in [9.17, 15) is 9.59 Å². The Morgan fingerprint density at radius 2 is 1.76 bits per heavy atom. The fraction of sp³-hybridized carbons (Fsp3) is 0.379. The molecule has 9 heteroatoms. The van der Waals surface area contributed by atoms with E-state index in [0.717, 1.165) is 49.2 Å². The number of rotatable bonds is 12. The van der Waals surface area contributed by atoms with E-state index in [2.05, 4.69) is 17.3 Å². The molecule has 1 N–H and O–H groups in total. The number of benzene rings is 2. The molecular weight excluding hydrogens is 482 g/mol. The van der Waals surface area contributed by atoms with Gasteiger partial charge >= 0.3 is 0 Å². The first-order valence-corrected chi connectivity index (χ1v) is 12.9. The van der Waals surface area contributed by atoms with E-state index < -0.39 is 0 Å². The molecular formula is C29H35N5O4. The normalized spacial score (nSPS) is 11.1. The van der Waals surface area contributed by atoms with E-state index in [-0.39, 0.29) is 11.3 Å². The highest BCUT2D eigenvalue weighted by Crippen LogP contribution is 2.32. The molecule has 0 aliphatic heterocycles. The highest BCUT2D eigenvalue weighted by atomic mass is 16.5. The summed E-state index contributed by atoms with van der Waals surface area (Å²) in [5.41, 5.74) is 4.31. The highest BCUT2D eigenvalue weighted by Gasteiger charge is 2.20. The molecule has 0 fully saturated rings. The van der Waals surface area contributed by atoms with Crippen molar-refractivity contribution in [3.8, 4) is 22.9 Å². The summed E-state index contributed by atoms with van der Waals surface area (Å²) in [7, 11) is 4.98. The lowest BCUT2D eigenvalue weighted by molar-refractivity contribution is 0.101. The molecule has 4 aromatic rings. The molecule has 0 radical (unpaired) electrons. The number of Topliss-reactive ketones (excluding diaryl/α,β-unsaturated/α-hetero) is 1. The lowest BCUT2D eigenvalue weighted by Gasteiger charge is -2.15. The number of carbonyl (C=O) groups excluding carboxylic acids is 1. The maximum atomic E-state index is 13.8. The summed E-state index contributed by atoms with van der Waals surface area (Å²) in [4.78, 5) is 30.2. The van der Waals surface area contributed by atoms with Crippen LogP contribution in [0.2, 0.25) is 0 Å². The monoisotopic (exact) mass is 517 g/mol. The third kappa shape index (κ3) is 5.56. The van der Waals surface area contributed by atoms with Crippen molar-refractivity contribution >= 4 is 22.5 Å². The summed E-state index contributed by atoms with van der Waals surface area (Å²) in [6.07, 6.45) is 3.27. The Kier molecular flexibility index (Phi) is 8.45. The Hall–Kier alpha value is -4.14. The molecule has 200 valence electrons. The number of aryl methyl sites for hydroxylation is 2. The lowest BCUT2D eigenvalue weighted by atomic mass is 10.1. The van der Waals surface area contributed by atoms with Crippen molar-refractivity contribution in [3.63, 3.8) is 0 Å². The van der Waals surface area contributed by atoms with Gasteiger partial charge in [0.25, 0.3) is 5.56 Å². The van der Waals surface area contributed by atoms with Crippen molar-refractivity contribution in [1.82, 2.24) is 19.3 Å². The fourth-order valence-electron chi connectivity index (χ4n) is 4.57. The van der Waals surface area contributed by atoms with Crippen molar-refractivity contribution in [2.24, 2.45) is 7.05 Å². The summed E-state index contributed by atoms with van der Waals surface area (Å²) in [6.45, 7) is 4.89. The Labute approximate surface area is 222 Å². The molecule has 0 amide bonds. The molecule has 9 nitrogen and oxygen atoms in total. The van der Waals surface area contributed by atoms with Crippen LogP contribution in [0.5, 0.6) is 11.5 Å². The number of unbranched alkanes of at least 4 members (excludes halogenated alkanes) is 1. The average molecular weight is 518 g/mol. The SMILES string of the molecule is CCCc1nn(C)c2c(=O)n(CCCCNc3ccc(C(C)=O)cc3)c(-c3ccc(OC)c(OC)c3)nc12. The maximum absolute atomic E-state index is 13.8. The van der Waals surface area contributed by atoms with Crippen molar-refractivity contribution in [2.75, 3.05) is 26.1 Å². The quantitative estimate of drug-likeness (QED) is 0.212. The smallest absolute Gasteiger partial charge is 0.279 e. The first-order valence-electron chi connectivity index (χ1n) is 12.9. The molecule has 0 saturated heterocycles. The number of ketones is 1. The second-order valence-electron chi connectivity index (χ2n) is 9.25. The summed E-state index contributed by atoms with van der Waals surface area (Å²) in [5, 5.41) is 7.99. The van der Waals surface area contributed by atoms with E-state index in [1.54, 1.807) is 37.4 Å². The molecule has 0 aliphatic carbocycles. The second kappa shape index (κ2) is 11.9. The fourth-order valence-corrected chi connectivity index (χ4v) is 4.57. The van der Waals surface area contributed by atoms with Crippen LogP contribution in [0, 0.1) is 0 Å². The predicted octanol–water partition coefficient (Wildman–Crippen LogP) is 4.86. The number of carbonyl (C=O) groups is 1. The van der Waals surface area contributed by atoms with Gasteiger partial charge < -0.3 is 14.8 Å². The lowest BCUT2D eigenvalue weighted by Crippen LogP contribution is -2.25. The molecule has 0 aliphatic rings. The van der Waals surface area contributed by atoms with Crippen LogP contribution in [-0.2, 0) is 20.0 Å². The number of anilines is 1. The van der Waals surface area contributed by atoms with Gasteiger partial charge in [-0.1, -0.05) is 13.3 Å². The van der Waals surface area contributed by atoms with Gasteiger partial charge in [0.05, 0.1) is 19.9 Å². The highest BCUT2D eigenvalue weighted by molar-refractivity contribution is 5.94. The Bertz CT molecular complexity index is 1490. The van der Waals surface area contributed by atoms with Crippen LogP contribution in [0.1, 0.15) is 49.2 Å². The van der Waals surface area contributed by atoms with Crippen LogP contribution >= 0.6 is 0 Å². The molecule has 0 saturated carbocycles. The summed E-state index contributed by atoms with van der Waals surface area (Å²) in [5.74, 6) is 1.82. The first-order chi connectivity index (χ1) is 18.4. The number of fused-ring (bicyclic) bond motifs is 1. The second-order valence-corrected chi connectivity index (χ2v) is 9.25. The minimum atomic E-state index is -0.107. The van der Waals surface area contributed by atoms with Crippen molar-refractivity contribution in [3.05, 3.63) is 64.1 Å². The van der Waals surface area contributed by atoms with Crippen LogP contribution in [0.25, 0.3) is 22.4 Å². The van der Waals surface area contributed by atoms with E-state index in [1.807, 2.05) is 42.5 Å². The Morgan fingerprint density at radius 3 is 2.42 bits per heavy atom. The third-order valence-corrected chi connectivity index (χ3v) is 6.57. The van der Waals surface area contributed by atoms with Gasteiger partial charge in [0.2, 0.25) is 0 Å². The summed E-state index contributed by atoms with van der Waals surface area (Å²) >= 11 is 0. The Balaban J connectivity index is 1.61. The zero-order valence-corrected chi connectivity index (χ0v) is 22.7. The van der Waals surface area contributed by atoms with Gasteiger partial charge in [-0.3, -0.25) is 18.8 Å². The first kappa shape index (κ1) is 26.9. The van der Waals surface area contributed by atoms with Crippen molar-refractivity contribution < 1.29 is 14.3 Å². The molecule has 2 aromatic heterocycles. The number of hydrogen-bond donors (Lipinski definition) is 1. The van der Waals surface area contributed by atoms with Crippen LogP contribution in [0.4, 0.5) is 5.69 Å². The predicted molar refractivity (Wildman–Crippen MR) is 149 cm³/mol. The topological polar surface area (TPSA) is 100 Å². The molecule has 0 atom stereocenters. The van der Waals surface area contributed by atoms with Crippen LogP contribution in [-0.4, -0.2) is 45.9 Å². The van der Waals surface area contributed by atoms with E-state index in [1.165, 1.54) is 0 Å². The average Bonchev–Trinajstić information content (AvgIpc) is 3.24. The molecule has 0 spiro atoms. The van der Waals surface area contributed by atoms with Crippen LogP contribution in [0.15, 0.2) is 47.3 Å². The van der Waals surface area contributed by atoms with Crippen LogP contribution < -0.4 is 20.3 Å². The molecule has 4 rings (SSSR count). The molecule has 38 heavy (non-hydrogen) atoms.